The number of rotatable bonds is 16. The Bertz CT molecular complexity index is 1420. The molecular weight excluding hydrogens is 634 g/mol. The van der Waals surface area contributed by atoms with E-state index in [1.54, 1.807) is 4.90 Å². The zero-order valence-electron chi connectivity index (χ0n) is 29.5. The Hall–Kier alpha value is -4.49. The van der Waals surface area contributed by atoms with Crippen LogP contribution in [-0.2, 0) is 32.0 Å². The molecule has 0 bridgehead atoms. The van der Waals surface area contributed by atoms with E-state index in [1.165, 1.54) is 0 Å². The average molecular weight is 690 g/mol. The van der Waals surface area contributed by atoms with Crippen LogP contribution in [0.3, 0.4) is 0 Å². The highest BCUT2D eigenvalue weighted by Gasteiger charge is 2.33. The Kier molecular flexibility index (Phi) is 15.0. The van der Waals surface area contributed by atoms with Gasteiger partial charge in [-0.3, -0.25) is 24.2 Å². The van der Waals surface area contributed by atoms with Gasteiger partial charge in [0, 0.05) is 39.1 Å². The second-order valence-electron chi connectivity index (χ2n) is 13.5. The van der Waals surface area contributed by atoms with Gasteiger partial charge in [0.05, 0.1) is 12.6 Å². The van der Waals surface area contributed by atoms with Crippen molar-refractivity contribution in [3.8, 4) is 0 Å². The first-order valence-electron chi connectivity index (χ1n) is 17.9. The predicted octanol–water partition coefficient (Wildman–Crippen LogP) is 0.532. The van der Waals surface area contributed by atoms with Crippen LogP contribution in [0.1, 0.15) is 50.7 Å². The van der Waals surface area contributed by atoms with Crippen LogP contribution < -0.4 is 32.7 Å². The van der Waals surface area contributed by atoms with Crippen LogP contribution in [0.2, 0.25) is 0 Å². The van der Waals surface area contributed by atoms with Crippen molar-refractivity contribution in [2.24, 2.45) is 22.4 Å². The van der Waals surface area contributed by atoms with Gasteiger partial charge in [0.15, 0.2) is 5.96 Å². The number of nitrogens with zero attached hydrogens (tertiary/aromatic N) is 3. The molecule has 272 valence electrons. The number of hydrogen-bond acceptors (Lipinski definition) is 9. The SMILES string of the molecule is CC(C)C[C@@H](NC(=O)[C@@H](Cc1ccccc1)NC(=O)[C@H](N)Cc1ccccc1)C(=O)N[C@H](CCCN)C(=O)N1CCCN(C2=NCCN2)CC1. The number of guanidine groups is 1. The molecule has 4 atom stereocenters. The number of aliphatic imine (C=N–C) groups is 1. The number of nitrogens with one attached hydrogen (secondary N) is 4. The minimum absolute atomic E-state index is 0.0504. The van der Waals surface area contributed by atoms with Gasteiger partial charge in [-0.2, -0.15) is 0 Å². The lowest BCUT2D eigenvalue weighted by Gasteiger charge is -2.29. The molecule has 2 aromatic rings. The van der Waals surface area contributed by atoms with Gasteiger partial charge in [0.25, 0.3) is 0 Å². The molecule has 2 aliphatic rings. The van der Waals surface area contributed by atoms with Crippen LogP contribution in [0.25, 0.3) is 0 Å². The molecular formula is C37H55N9O4. The molecule has 0 radical (unpaired) electrons. The third-order valence-corrected chi connectivity index (χ3v) is 8.97. The molecule has 50 heavy (non-hydrogen) atoms. The molecule has 2 aromatic carbocycles. The van der Waals surface area contributed by atoms with Crippen LogP contribution in [0.4, 0.5) is 0 Å². The number of benzene rings is 2. The highest BCUT2D eigenvalue weighted by molar-refractivity contribution is 5.95. The molecule has 2 aliphatic heterocycles. The third-order valence-electron chi connectivity index (χ3n) is 8.97. The van der Waals surface area contributed by atoms with Crippen molar-refractivity contribution in [2.75, 3.05) is 45.8 Å². The first-order chi connectivity index (χ1) is 24.1. The van der Waals surface area contributed by atoms with E-state index < -0.39 is 41.9 Å². The number of amides is 4. The fraction of sp³-hybridized carbons (Fsp3) is 0.541. The lowest BCUT2D eigenvalue weighted by atomic mass is 9.99. The molecule has 0 aliphatic carbocycles. The van der Waals surface area contributed by atoms with Crippen LogP contribution in [0.15, 0.2) is 65.7 Å². The molecule has 1 saturated heterocycles. The van der Waals surface area contributed by atoms with Crippen molar-refractivity contribution < 1.29 is 19.2 Å². The smallest absolute Gasteiger partial charge is 0.245 e. The van der Waals surface area contributed by atoms with E-state index in [-0.39, 0.29) is 18.2 Å². The van der Waals surface area contributed by atoms with Crippen molar-refractivity contribution >= 4 is 29.6 Å². The summed E-state index contributed by atoms with van der Waals surface area (Å²) in [6.07, 6.45) is 2.56. The Morgan fingerprint density at radius 1 is 0.800 bits per heavy atom. The van der Waals surface area contributed by atoms with Gasteiger partial charge in [-0.05, 0) is 55.7 Å². The van der Waals surface area contributed by atoms with Gasteiger partial charge in [-0.25, -0.2) is 0 Å². The number of carbonyl (C=O) groups is 4. The molecule has 0 aromatic heterocycles. The molecule has 4 rings (SSSR count). The Morgan fingerprint density at radius 2 is 1.42 bits per heavy atom. The van der Waals surface area contributed by atoms with Crippen molar-refractivity contribution in [3.05, 3.63) is 71.8 Å². The summed E-state index contributed by atoms with van der Waals surface area (Å²) in [5.74, 6) is -0.654. The largest absolute Gasteiger partial charge is 0.354 e. The van der Waals surface area contributed by atoms with E-state index in [1.807, 2.05) is 74.5 Å². The van der Waals surface area contributed by atoms with Crippen molar-refractivity contribution in [2.45, 2.75) is 76.5 Å². The molecule has 0 unspecified atom stereocenters. The topological polar surface area (TPSA) is 187 Å². The fourth-order valence-corrected chi connectivity index (χ4v) is 6.29. The van der Waals surface area contributed by atoms with E-state index in [0.29, 0.717) is 51.9 Å². The summed E-state index contributed by atoms with van der Waals surface area (Å²) >= 11 is 0. The lowest BCUT2D eigenvalue weighted by Crippen LogP contribution is -2.59. The van der Waals surface area contributed by atoms with Gasteiger partial charge >= 0.3 is 0 Å². The Morgan fingerprint density at radius 3 is 2.04 bits per heavy atom. The number of hydrogen-bond donors (Lipinski definition) is 6. The van der Waals surface area contributed by atoms with Gasteiger partial charge in [-0.1, -0.05) is 74.5 Å². The third kappa shape index (κ3) is 11.8. The Balaban J connectivity index is 1.45. The summed E-state index contributed by atoms with van der Waals surface area (Å²) in [5.41, 5.74) is 13.9. The quantitative estimate of drug-likeness (QED) is 0.147. The van der Waals surface area contributed by atoms with Gasteiger partial charge < -0.3 is 42.5 Å². The molecule has 0 spiro atoms. The van der Waals surface area contributed by atoms with Gasteiger partial charge in [0.2, 0.25) is 23.6 Å². The van der Waals surface area contributed by atoms with Gasteiger partial charge in [-0.15, -0.1) is 0 Å². The fourth-order valence-electron chi connectivity index (χ4n) is 6.29. The average Bonchev–Trinajstić information content (AvgIpc) is 3.54. The molecule has 4 amide bonds. The molecule has 1 fully saturated rings. The van der Waals surface area contributed by atoms with Crippen LogP contribution in [-0.4, -0.2) is 109 Å². The maximum Gasteiger partial charge on any atom is 0.245 e. The first-order valence-corrected chi connectivity index (χ1v) is 17.9. The number of nitrogens with two attached hydrogens (primary N) is 2. The summed E-state index contributed by atoms with van der Waals surface area (Å²) < 4.78 is 0. The van der Waals surface area contributed by atoms with Crippen LogP contribution >= 0.6 is 0 Å². The molecule has 13 heteroatoms. The second-order valence-corrected chi connectivity index (χ2v) is 13.5. The normalized spacial score (nSPS) is 17.1. The first kappa shape index (κ1) is 38.3. The minimum atomic E-state index is -0.983. The van der Waals surface area contributed by atoms with E-state index in [9.17, 15) is 19.2 Å². The maximum atomic E-state index is 13.9. The van der Waals surface area contributed by atoms with Crippen molar-refractivity contribution in [3.63, 3.8) is 0 Å². The molecule has 8 N–H and O–H groups in total. The standard InChI is InChI=1S/C37H55N9O4/c1-26(2)23-31(34(48)42-30(15-9-16-38)36(50)45-19-10-20-46(22-21-45)37-40-17-18-41-37)44-35(49)32(25-28-13-7-4-8-14-28)43-33(47)29(39)24-27-11-5-3-6-12-27/h3-8,11-14,26,29-32H,9-10,15-25,38-39H2,1-2H3,(H,40,41)(H,42,48)(H,43,47)(H,44,49)/t29-,30-,31-,32-/m1/s1. The number of carbonyl (C=O) groups excluding carboxylic acids is 4. The molecule has 13 nitrogen and oxygen atoms in total. The molecule has 2 heterocycles. The van der Waals surface area contributed by atoms with E-state index in [0.717, 1.165) is 43.1 Å². The zero-order valence-corrected chi connectivity index (χ0v) is 29.5. The summed E-state index contributed by atoms with van der Waals surface area (Å²) in [6.45, 7) is 8.36. The summed E-state index contributed by atoms with van der Waals surface area (Å²) in [5, 5.41) is 12.0. The highest BCUT2D eigenvalue weighted by Crippen LogP contribution is 2.13. The van der Waals surface area contributed by atoms with Crippen LogP contribution in [0, 0.1) is 5.92 Å². The summed E-state index contributed by atoms with van der Waals surface area (Å²) in [7, 11) is 0. The van der Waals surface area contributed by atoms with E-state index >= 15 is 0 Å². The van der Waals surface area contributed by atoms with Crippen molar-refractivity contribution in [1.29, 1.82) is 0 Å². The van der Waals surface area contributed by atoms with Crippen molar-refractivity contribution in [1.82, 2.24) is 31.1 Å². The summed E-state index contributed by atoms with van der Waals surface area (Å²) in [6, 6.07) is 15.2. The van der Waals surface area contributed by atoms with Crippen LogP contribution in [0.5, 0.6) is 0 Å². The molecule has 0 saturated carbocycles. The summed E-state index contributed by atoms with van der Waals surface area (Å²) in [4.78, 5) is 63.5. The zero-order chi connectivity index (χ0) is 35.9. The maximum absolute atomic E-state index is 13.9. The van der Waals surface area contributed by atoms with E-state index in [4.69, 9.17) is 11.5 Å². The predicted molar refractivity (Wildman–Crippen MR) is 195 cm³/mol. The second kappa shape index (κ2) is 19.6. The lowest BCUT2D eigenvalue weighted by molar-refractivity contribution is -0.138. The highest BCUT2D eigenvalue weighted by atomic mass is 16.2. The Labute approximate surface area is 296 Å². The van der Waals surface area contributed by atoms with Gasteiger partial charge in [0.1, 0.15) is 18.1 Å². The monoisotopic (exact) mass is 689 g/mol. The minimum Gasteiger partial charge on any atom is -0.354 e. The van der Waals surface area contributed by atoms with E-state index in [2.05, 4.69) is 31.2 Å².